The lowest BCUT2D eigenvalue weighted by Crippen LogP contribution is -2.41. The Morgan fingerprint density at radius 2 is 1.83 bits per heavy atom. The van der Waals surface area contributed by atoms with Crippen LogP contribution in [0.5, 0.6) is 0 Å². The van der Waals surface area contributed by atoms with Crippen molar-refractivity contribution in [2.24, 2.45) is 5.92 Å². The van der Waals surface area contributed by atoms with E-state index in [0.29, 0.717) is 24.1 Å². The summed E-state index contributed by atoms with van der Waals surface area (Å²) in [5.41, 5.74) is 2.54. The van der Waals surface area contributed by atoms with Crippen LogP contribution in [0.3, 0.4) is 0 Å². The topological polar surface area (TPSA) is 95.5 Å². The average Bonchev–Trinajstić information content (AvgIpc) is 3.15. The predicted octanol–water partition coefficient (Wildman–Crippen LogP) is 3.78. The minimum absolute atomic E-state index is 0.187. The normalized spacial score (nSPS) is 19.1. The number of nitrogens with zero attached hydrogens (tertiary/aromatic N) is 4. The van der Waals surface area contributed by atoms with Crippen molar-refractivity contribution in [3.63, 3.8) is 0 Å². The summed E-state index contributed by atoms with van der Waals surface area (Å²) < 4.78 is 28.7. The first-order valence-corrected chi connectivity index (χ1v) is 13.7. The SMILES string of the molecule is CC1CN(c2ncccc2C(=O)NS(=O)(=O)c2cccc(N3CCc4ccccc4C3)n2)C(C)(C)C1. The van der Waals surface area contributed by atoms with Gasteiger partial charge in [0, 0.05) is 31.4 Å². The van der Waals surface area contributed by atoms with Gasteiger partial charge in [0.15, 0.2) is 5.03 Å². The van der Waals surface area contributed by atoms with Crippen molar-refractivity contribution < 1.29 is 13.2 Å². The van der Waals surface area contributed by atoms with E-state index in [1.54, 1.807) is 30.5 Å². The van der Waals surface area contributed by atoms with Gasteiger partial charge in [-0.15, -0.1) is 0 Å². The smallest absolute Gasteiger partial charge is 0.281 e. The van der Waals surface area contributed by atoms with Crippen LogP contribution in [0.2, 0.25) is 0 Å². The molecule has 5 rings (SSSR count). The number of nitrogens with one attached hydrogen (secondary N) is 1. The standard InChI is InChI=1S/C27H31N5O3S/c1-19-16-27(2,3)32(17-19)25-22(10-7-14-28-25)26(33)30-36(34,35)24-12-6-11-23(29-24)31-15-13-20-8-4-5-9-21(20)18-31/h4-12,14,19H,13,15-18H2,1-3H3,(H,30,33). The van der Waals surface area contributed by atoms with Crippen molar-refractivity contribution in [2.75, 3.05) is 22.9 Å². The van der Waals surface area contributed by atoms with E-state index in [1.807, 2.05) is 12.1 Å². The second kappa shape index (κ2) is 9.20. The summed E-state index contributed by atoms with van der Waals surface area (Å²) in [6.45, 7) is 8.52. The zero-order valence-corrected chi connectivity index (χ0v) is 21.6. The highest BCUT2D eigenvalue weighted by molar-refractivity contribution is 7.90. The van der Waals surface area contributed by atoms with E-state index < -0.39 is 15.9 Å². The lowest BCUT2D eigenvalue weighted by molar-refractivity contribution is 0.0981. The molecule has 0 bridgehead atoms. The first kappa shape index (κ1) is 24.2. The number of amides is 1. The highest BCUT2D eigenvalue weighted by atomic mass is 32.2. The Balaban J connectivity index is 1.38. The van der Waals surface area contributed by atoms with Gasteiger partial charge in [-0.05, 0) is 68.0 Å². The summed E-state index contributed by atoms with van der Waals surface area (Å²) in [5.74, 6) is 0.783. The first-order chi connectivity index (χ1) is 17.1. The second-order valence-electron chi connectivity index (χ2n) is 10.3. The van der Waals surface area contributed by atoms with E-state index in [0.717, 1.165) is 25.9 Å². The summed E-state index contributed by atoms with van der Waals surface area (Å²) in [5, 5.41) is -0.187. The third kappa shape index (κ3) is 4.67. The fourth-order valence-electron chi connectivity index (χ4n) is 5.40. The number of hydrogen-bond donors (Lipinski definition) is 1. The van der Waals surface area contributed by atoms with Crippen molar-refractivity contribution in [1.29, 1.82) is 0 Å². The highest BCUT2D eigenvalue weighted by Crippen LogP contribution is 2.37. The Bertz CT molecular complexity index is 1410. The fourth-order valence-corrected chi connectivity index (χ4v) is 6.33. The summed E-state index contributed by atoms with van der Waals surface area (Å²) in [6.07, 6.45) is 3.45. The van der Waals surface area contributed by atoms with Crippen LogP contribution in [0.15, 0.2) is 65.8 Å². The third-order valence-corrected chi connectivity index (χ3v) is 8.26. The van der Waals surface area contributed by atoms with Crippen LogP contribution in [0, 0.1) is 5.92 Å². The molecule has 1 unspecified atom stereocenters. The molecule has 1 fully saturated rings. The van der Waals surface area contributed by atoms with Gasteiger partial charge >= 0.3 is 0 Å². The Labute approximate surface area is 212 Å². The molecule has 2 aliphatic rings. The van der Waals surface area contributed by atoms with Crippen molar-refractivity contribution in [3.05, 3.63) is 77.5 Å². The monoisotopic (exact) mass is 505 g/mol. The molecule has 1 N–H and O–H groups in total. The van der Waals surface area contributed by atoms with Gasteiger partial charge in [0.1, 0.15) is 11.6 Å². The van der Waals surface area contributed by atoms with Gasteiger partial charge in [-0.25, -0.2) is 14.7 Å². The van der Waals surface area contributed by atoms with Crippen molar-refractivity contribution in [1.82, 2.24) is 14.7 Å². The minimum Gasteiger partial charge on any atom is -0.352 e. The van der Waals surface area contributed by atoms with E-state index in [9.17, 15) is 13.2 Å². The quantitative estimate of drug-likeness (QED) is 0.564. The van der Waals surface area contributed by atoms with Gasteiger partial charge in [0.25, 0.3) is 15.9 Å². The van der Waals surface area contributed by atoms with Gasteiger partial charge in [-0.1, -0.05) is 37.3 Å². The summed E-state index contributed by atoms with van der Waals surface area (Å²) in [7, 11) is -4.19. The molecule has 1 atom stereocenters. The van der Waals surface area contributed by atoms with Crippen LogP contribution in [0.4, 0.5) is 11.6 Å². The molecule has 36 heavy (non-hydrogen) atoms. The van der Waals surface area contributed by atoms with Crippen molar-refractivity contribution in [2.45, 2.75) is 50.7 Å². The maximum Gasteiger partial charge on any atom is 0.281 e. The van der Waals surface area contributed by atoms with Gasteiger partial charge in [0.2, 0.25) is 0 Å². The molecule has 8 nitrogen and oxygen atoms in total. The number of anilines is 2. The number of carbonyl (C=O) groups excluding carboxylic acids is 1. The maximum atomic E-state index is 13.2. The number of sulfonamides is 1. The molecule has 3 aromatic rings. The number of fused-ring (bicyclic) bond motifs is 1. The van der Waals surface area contributed by atoms with E-state index >= 15 is 0 Å². The van der Waals surface area contributed by atoms with Crippen LogP contribution in [0.1, 0.15) is 48.7 Å². The Morgan fingerprint density at radius 3 is 2.58 bits per heavy atom. The molecule has 0 radical (unpaired) electrons. The lowest BCUT2D eigenvalue weighted by Gasteiger charge is -2.33. The summed E-state index contributed by atoms with van der Waals surface area (Å²) >= 11 is 0. The van der Waals surface area contributed by atoms with Gasteiger partial charge < -0.3 is 9.80 Å². The largest absolute Gasteiger partial charge is 0.352 e. The Kier molecular flexibility index (Phi) is 6.20. The Morgan fingerprint density at radius 1 is 1.06 bits per heavy atom. The Hall–Kier alpha value is -3.46. The average molecular weight is 506 g/mol. The summed E-state index contributed by atoms with van der Waals surface area (Å²) in [4.78, 5) is 26.3. The molecular weight excluding hydrogens is 474 g/mol. The van der Waals surface area contributed by atoms with Gasteiger partial charge in [-0.2, -0.15) is 8.42 Å². The molecule has 0 saturated carbocycles. The molecular formula is C27H31N5O3S. The molecule has 4 heterocycles. The number of hydrogen-bond acceptors (Lipinski definition) is 7. The molecule has 1 aromatic carbocycles. The first-order valence-electron chi connectivity index (χ1n) is 12.2. The molecule has 1 amide bonds. The van der Waals surface area contributed by atoms with Crippen molar-refractivity contribution >= 4 is 27.6 Å². The predicted molar refractivity (Wildman–Crippen MR) is 140 cm³/mol. The number of carbonyl (C=O) groups is 1. The summed E-state index contributed by atoms with van der Waals surface area (Å²) in [6, 6.07) is 16.3. The fraction of sp³-hybridized carbons (Fsp3) is 0.370. The molecule has 1 saturated heterocycles. The number of benzene rings is 1. The van der Waals surface area contributed by atoms with E-state index in [-0.39, 0.29) is 16.1 Å². The van der Waals surface area contributed by atoms with Crippen LogP contribution in [0.25, 0.3) is 0 Å². The molecule has 2 aromatic heterocycles. The van der Waals surface area contributed by atoms with Crippen molar-refractivity contribution in [3.8, 4) is 0 Å². The van der Waals surface area contributed by atoms with E-state index in [1.165, 1.54) is 17.2 Å². The van der Waals surface area contributed by atoms with Crippen LogP contribution < -0.4 is 14.5 Å². The molecule has 0 aliphatic carbocycles. The lowest BCUT2D eigenvalue weighted by atomic mass is 9.97. The number of pyridine rings is 2. The zero-order chi connectivity index (χ0) is 25.5. The van der Waals surface area contributed by atoms with Gasteiger partial charge in [-0.3, -0.25) is 4.79 Å². The maximum absolute atomic E-state index is 13.2. The van der Waals surface area contributed by atoms with Crippen LogP contribution in [-0.2, 0) is 23.0 Å². The third-order valence-electron chi connectivity index (χ3n) is 7.03. The van der Waals surface area contributed by atoms with Crippen LogP contribution >= 0.6 is 0 Å². The second-order valence-corrected chi connectivity index (χ2v) is 11.9. The highest BCUT2D eigenvalue weighted by Gasteiger charge is 2.39. The molecule has 9 heteroatoms. The van der Waals surface area contributed by atoms with Crippen LogP contribution in [-0.4, -0.2) is 42.9 Å². The number of rotatable bonds is 5. The van der Waals surface area contributed by atoms with E-state index in [2.05, 4.69) is 57.4 Å². The van der Waals surface area contributed by atoms with E-state index in [4.69, 9.17) is 0 Å². The zero-order valence-electron chi connectivity index (χ0n) is 20.8. The van der Waals surface area contributed by atoms with Gasteiger partial charge in [0.05, 0.1) is 5.56 Å². The minimum atomic E-state index is -4.19. The molecule has 2 aliphatic heterocycles. The molecule has 188 valence electrons. The molecule has 0 spiro atoms. The number of aromatic nitrogens is 2.